The van der Waals surface area contributed by atoms with E-state index in [1.54, 1.807) is 6.07 Å². The highest BCUT2D eigenvalue weighted by atomic mass is 32.2. The summed E-state index contributed by atoms with van der Waals surface area (Å²) in [6.45, 7) is 0. The van der Waals surface area contributed by atoms with Crippen LogP contribution in [0.1, 0.15) is 10.4 Å². The van der Waals surface area contributed by atoms with Crippen LogP contribution in [0.15, 0.2) is 63.4 Å². The molecule has 0 spiro atoms. The van der Waals surface area contributed by atoms with E-state index in [4.69, 9.17) is 0 Å². The highest BCUT2D eigenvalue weighted by Gasteiger charge is 2.17. The number of aryl methyl sites for hydroxylation is 1. The van der Waals surface area contributed by atoms with Gasteiger partial charge in [-0.25, -0.2) is 27.9 Å². The first-order valence-electron chi connectivity index (χ1n) is 8.17. The Morgan fingerprint density at radius 3 is 2.28 bits per heavy atom. The van der Waals surface area contributed by atoms with Crippen LogP contribution in [-0.4, -0.2) is 33.4 Å². The van der Waals surface area contributed by atoms with Crippen LogP contribution in [-0.2, 0) is 24.1 Å². The standard InChI is InChI=1S/C17H16N6O5S/c1-22-10-13(15(25)23(2)17(22)26)14(24)20-11-4-6-12(7-5-11)29(27,28)21-16-18-8-3-9-19-16/h3-10H,1-2H3,(H,20,24)(H,18,19,21). The van der Waals surface area contributed by atoms with E-state index in [1.165, 1.54) is 50.8 Å². The molecule has 2 heterocycles. The van der Waals surface area contributed by atoms with E-state index in [-0.39, 0.29) is 22.1 Å². The normalized spacial score (nSPS) is 11.1. The number of nitrogens with one attached hydrogen (secondary N) is 2. The Kier molecular flexibility index (Phi) is 5.28. The van der Waals surface area contributed by atoms with Gasteiger partial charge in [0.1, 0.15) is 5.56 Å². The number of aromatic nitrogens is 4. The van der Waals surface area contributed by atoms with Gasteiger partial charge < -0.3 is 9.88 Å². The van der Waals surface area contributed by atoms with Crippen molar-refractivity contribution in [2.24, 2.45) is 14.1 Å². The largest absolute Gasteiger partial charge is 0.330 e. The molecule has 0 bridgehead atoms. The first kappa shape index (κ1) is 19.9. The van der Waals surface area contributed by atoms with Gasteiger partial charge in [0.05, 0.1) is 4.90 Å². The van der Waals surface area contributed by atoms with Gasteiger partial charge in [-0.1, -0.05) is 0 Å². The van der Waals surface area contributed by atoms with Gasteiger partial charge in [0.25, 0.3) is 21.5 Å². The molecule has 0 atom stereocenters. The minimum absolute atomic E-state index is 0.0685. The fourth-order valence-electron chi connectivity index (χ4n) is 2.41. The summed E-state index contributed by atoms with van der Waals surface area (Å²) in [6.07, 6.45) is 3.93. The second kappa shape index (κ2) is 7.67. The molecule has 3 aromatic rings. The number of sulfonamides is 1. The number of amides is 1. The Hall–Kier alpha value is -3.80. The molecule has 150 valence electrons. The molecule has 2 N–H and O–H groups in total. The van der Waals surface area contributed by atoms with Gasteiger partial charge in [-0.3, -0.25) is 14.2 Å². The average molecular weight is 416 g/mol. The van der Waals surface area contributed by atoms with Crippen LogP contribution in [0.25, 0.3) is 0 Å². The predicted octanol–water partition coefficient (Wildman–Crippen LogP) is -0.0729. The van der Waals surface area contributed by atoms with Crippen molar-refractivity contribution < 1.29 is 13.2 Å². The lowest BCUT2D eigenvalue weighted by Crippen LogP contribution is -2.40. The maximum atomic E-state index is 12.4. The van der Waals surface area contributed by atoms with Gasteiger partial charge in [-0.15, -0.1) is 0 Å². The zero-order valence-corrected chi connectivity index (χ0v) is 16.2. The van der Waals surface area contributed by atoms with Gasteiger partial charge in [-0.2, -0.15) is 0 Å². The maximum Gasteiger partial charge on any atom is 0.330 e. The van der Waals surface area contributed by atoms with Crippen LogP contribution < -0.4 is 21.3 Å². The Balaban J connectivity index is 1.80. The number of benzene rings is 1. The molecule has 0 aliphatic carbocycles. The van der Waals surface area contributed by atoms with Gasteiger partial charge >= 0.3 is 5.69 Å². The van der Waals surface area contributed by atoms with E-state index >= 15 is 0 Å². The molecule has 11 nitrogen and oxygen atoms in total. The summed E-state index contributed by atoms with van der Waals surface area (Å²) >= 11 is 0. The molecule has 1 aromatic carbocycles. The molecule has 12 heteroatoms. The summed E-state index contributed by atoms with van der Waals surface area (Å²) in [5, 5.41) is 2.49. The molecule has 0 aliphatic rings. The fraction of sp³-hybridized carbons (Fsp3) is 0.118. The van der Waals surface area contributed by atoms with Gasteiger partial charge in [0.15, 0.2) is 0 Å². The van der Waals surface area contributed by atoms with Crippen LogP contribution >= 0.6 is 0 Å². The SMILES string of the molecule is Cn1cc(C(=O)Nc2ccc(S(=O)(=O)Nc3ncccn3)cc2)c(=O)n(C)c1=O. The summed E-state index contributed by atoms with van der Waals surface area (Å²) in [5.41, 5.74) is -1.26. The second-order valence-corrected chi connectivity index (χ2v) is 7.64. The molecular formula is C17H16N6O5S. The summed E-state index contributed by atoms with van der Waals surface area (Å²) in [7, 11) is -1.23. The lowest BCUT2D eigenvalue weighted by molar-refractivity contribution is 0.102. The molecule has 0 fully saturated rings. The van der Waals surface area contributed by atoms with Crippen molar-refractivity contribution in [2.75, 3.05) is 10.0 Å². The third-order valence-electron chi connectivity index (χ3n) is 3.90. The number of carbonyl (C=O) groups is 1. The highest BCUT2D eigenvalue weighted by molar-refractivity contribution is 7.92. The highest BCUT2D eigenvalue weighted by Crippen LogP contribution is 2.16. The number of anilines is 2. The molecule has 3 rings (SSSR count). The van der Waals surface area contributed by atoms with Crippen molar-refractivity contribution in [1.29, 1.82) is 0 Å². The van der Waals surface area contributed by atoms with E-state index in [9.17, 15) is 22.8 Å². The number of rotatable bonds is 5. The zero-order valence-electron chi connectivity index (χ0n) is 15.4. The Labute approximate surface area is 164 Å². The Morgan fingerprint density at radius 2 is 1.66 bits per heavy atom. The third kappa shape index (κ3) is 4.21. The number of carbonyl (C=O) groups excluding carboxylic acids is 1. The maximum absolute atomic E-state index is 12.4. The summed E-state index contributed by atoms with van der Waals surface area (Å²) in [4.78, 5) is 43.7. The van der Waals surface area contributed by atoms with Gasteiger partial charge in [0, 0.05) is 38.4 Å². The quantitative estimate of drug-likeness (QED) is 0.592. The van der Waals surface area contributed by atoms with Crippen LogP contribution in [0.4, 0.5) is 11.6 Å². The smallest absolute Gasteiger partial charge is 0.322 e. The number of hydrogen-bond donors (Lipinski definition) is 2. The van der Waals surface area contributed by atoms with Crippen LogP contribution in [0.5, 0.6) is 0 Å². The molecule has 0 aliphatic heterocycles. The zero-order chi connectivity index (χ0) is 21.2. The van der Waals surface area contributed by atoms with E-state index < -0.39 is 27.2 Å². The molecule has 2 aromatic heterocycles. The lowest BCUT2D eigenvalue weighted by Gasteiger charge is -2.09. The van der Waals surface area contributed by atoms with Crippen LogP contribution in [0, 0.1) is 0 Å². The summed E-state index contributed by atoms with van der Waals surface area (Å²) in [6, 6.07) is 6.84. The first-order chi connectivity index (χ1) is 13.7. The van der Waals surface area contributed by atoms with Crippen molar-refractivity contribution >= 4 is 27.6 Å². The third-order valence-corrected chi connectivity index (χ3v) is 5.25. The topological polar surface area (TPSA) is 145 Å². The fourth-order valence-corrected chi connectivity index (χ4v) is 3.37. The molecule has 0 saturated heterocycles. The lowest BCUT2D eigenvalue weighted by atomic mass is 10.2. The number of nitrogens with zero attached hydrogens (tertiary/aromatic N) is 4. The molecule has 29 heavy (non-hydrogen) atoms. The van der Waals surface area contributed by atoms with E-state index in [0.29, 0.717) is 0 Å². The van der Waals surface area contributed by atoms with E-state index in [2.05, 4.69) is 20.0 Å². The van der Waals surface area contributed by atoms with E-state index in [0.717, 1.165) is 15.3 Å². The predicted molar refractivity (Wildman–Crippen MR) is 104 cm³/mol. The van der Waals surface area contributed by atoms with Crippen molar-refractivity contribution in [2.45, 2.75) is 4.90 Å². The van der Waals surface area contributed by atoms with Gasteiger partial charge in [0.2, 0.25) is 5.95 Å². The number of hydrogen-bond acceptors (Lipinski definition) is 7. The molecule has 0 saturated carbocycles. The monoisotopic (exact) mass is 416 g/mol. The first-order valence-corrected chi connectivity index (χ1v) is 9.65. The van der Waals surface area contributed by atoms with Gasteiger partial charge in [-0.05, 0) is 30.3 Å². The van der Waals surface area contributed by atoms with Crippen LogP contribution in [0.2, 0.25) is 0 Å². The molecule has 1 amide bonds. The minimum Gasteiger partial charge on any atom is -0.322 e. The molecular weight excluding hydrogens is 400 g/mol. The van der Waals surface area contributed by atoms with Crippen molar-refractivity contribution in [3.8, 4) is 0 Å². The van der Waals surface area contributed by atoms with Crippen molar-refractivity contribution in [3.05, 3.63) is 75.3 Å². The molecule has 0 radical (unpaired) electrons. The minimum atomic E-state index is -3.91. The average Bonchev–Trinajstić information content (AvgIpc) is 2.70. The van der Waals surface area contributed by atoms with Crippen molar-refractivity contribution in [3.63, 3.8) is 0 Å². The van der Waals surface area contributed by atoms with Crippen LogP contribution in [0.3, 0.4) is 0 Å². The summed E-state index contributed by atoms with van der Waals surface area (Å²) in [5.74, 6) is -0.803. The second-order valence-electron chi connectivity index (χ2n) is 5.96. The van der Waals surface area contributed by atoms with E-state index in [1.807, 2.05) is 0 Å². The summed E-state index contributed by atoms with van der Waals surface area (Å²) < 4.78 is 28.9. The Morgan fingerprint density at radius 1 is 1.03 bits per heavy atom. The Bertz CT molecular complexity index is 1280. The molecule has 0 unspecified atom stereocenters. The van der Waals surface area contributed by atoms with Crippen molar-refractivity contribution in [1.82, 2.24) is 19.1 Å².